The molecule has 0 aromatic heterocycles. The largest absolute Gasteiger partial charge is 0.304 e. The highest BCUT2D eigenvalue weighted by Gasteiger charge is 2.36. The van der Waals surface area contributed by atoms with Gasteiger partial charge in [-0.1, -0.05) is 11.6 Å². The van der Waals surface area contributed by atoms with Crippen LogP contribution in [0.5, 0.6) is 0 Å². The van der Waals surface area contributed by atoms with Crippen LogP contribution in [0.25, 0.3) is 0 Å². The molecule has 0 N–H and O–H groups in total. The second kappa shape index (κ2) is 4.19. The Bertz CT molecular complexity index is 562. The molecule has 0 saturated carbocycles. The standard InChI is InChI=1S/C12H7ClFNO2/c1-2-3-4-15-10-6-9(14)8(13)5-7(10)11(16)12(15)17/h1,5-6H,3-4H2. The summed E-state index contributed by atoms with van der Waals surface area (Å²) in [5.74, 6) is 0.315. The van der Waals surface area contributed by atoms with Gasteiger partial charge in [0.15, 0.2) is 0 Å². The number of terminal acetylenes is 1. The quantitative estimate of drug-likeness (QED) is 0.596. The van der Waals surface area contributed by atoms with Crippen molar-refractivity contribution in [3.05, 3.63) is 28.5 Å². The topological polar surface area (TPSA) is 37.4 Å². The zero-order chi connectivity index (χ0) is 12.6. The molecule has 0 saturated heterocycles. The molecule has 0 spiro atoms. The number of nitrogens with zero attached hydrogens (tertiary/aromatic N) is 1. The number of benzene rings is 1. The minimum Gasteiger partial charge on any atom is -0.304 e. The maximum atomic E-state index is 13.3. The first kappa shape index (κ1) is 11.6. The molecule has 86 valence electrons. The number of carbonyl (C=O) groups excluding carboxylic acids is 2. The van der Waals surface area contributed by atoms with Gasteiger partial charge in [0.2, 0.25) is 0 Å². The smallest absolute Gasteiger partial charge is 0.299 e. The highest BCUT2D eigenvalue weighted by Crippen LogP contribution is 2.33. The first-order chi connectivity index (χ1) is 8.06. The lowest BCUT2D eigenvalue weighted by Crippen LogP contribution is -2.30. The predicted molar refractivity (Wildman–Crippen MR) is 61.5 cm³/mol. The minimum absolute atomic E-state index is 0.124. The number of anilines is 1. The van der Waals surface area contributed by atoms with Gasteiger partial charge in [-0.15, -0.1) is 12.3 Å². The molecule has 1 aliphatic heterocycles. The number of hydrogen-bond acceptors (Lipinski definition) is 2. The van der Waals surface area contributed by atoms with Gasteiger partial charge >= 0.3 is 0 Å². The number of ketones is 1. The van der Waals surface area contributed by atoms with Crippen molar-refractivity contribution in [1.82, 2.24) is 0 Å². The van der Waals surface area contributed by atoms with Crippen molar-refractivity contribution in [1.29, 1.82) is 0 Å². The number of fused-ring (bicyclic) bond motifs is 1. The Labute approximate surface area is 102 Å². The van der Waals surface area contributed by atoms with Gasteiger partial charge in [-0.2, -0.15) is 0 Å². The summed E-state index contributed by atoms with van der Waals surface area (Å²) in [5.41, 5.74) is 0.357. The fourth-order valence-corrected chi connectivity index (χ4v) is 1.85. The number of halogens is 2. The van der Waals surface area contributed by atoms with Crippen LogP contribution in [-0.2, 0) is 4.79 Å². The van der Waals surface area contributed by atoms with E-state index in [0.29, 0.717) is 6.42 Å². The summed E-state index contributed by atoms with van der Waals surface area (Å²) in [4.78, 5) is 24.4. The number of Topliss-reactive ketones (excluding diaryl/α,β-unsaturated/α-hetero) is 1. The highest BCUT2D eigenvalue weighted by atomic mass is 35.5. The molecule has 1 aromatic carbocycles. The first-order valence-corrected chi connectivity index (χ1v) is 5.22. The van der Waals surface area contributed by atoms with Crippen LogP contribution in [-0.4, -0.2) is 18.2 Å². The second-order valence-corrected chi connectivity index (χ2v) is 3.93. The molecule has 5 heteroatoms. The maximum absolute atomic E-state index is 13.3. The van der Waals surface area contributed by atoms with Crippen molar-refractivity contribution in [2.75, 3.05) is 11.4 Å². The third-order valence-corrected chi connectivity index (χ3v) is 2.78. The molecule has 2 rings (SSSR count). The Kier molecular flexibility index (Phi) is 2.86. The zero-order valence-corrected chi connectivity index (χ0v) is 9.42. The molecule has 0 radical (unpaired) electrons. The Balaban J connectivity index is 2.49. The summed E-state index contributed by atoms with van der Waals surface area (Å²) in [7, 11) is 0. The number of hydrogen-bond donors (Lipinski definition) is 0. The molecule has 1 heterocycles. The van der Waals surface area contributed by atoms with Crippen molar-refractivity contribution < 1.29 is 14.0 Å². The summed E-state index contributed by atoms with van der Waals surface area (Å²) in [6.45, 7) is 0.190. The summed E-state index contributed by atoms with van der Waals surface area (Å²) in [6, 6.07) is 2.25. The van der Waals surface area contributed by atoms with Crippen LogP contribution in [0.3, 0.4) is 0 Å². The Morgan fingerprint density at radius 2 is 2.12 bits per heavy atom. The Hall–Kier alpha value is -1.86. The monoisotopic (exact) mass is 251 g/mol. The van der Waals surface area contributed by atoms with Gasteiger partial charge in [0, 0.05) is 13.0 Å². The van der Waals surface area contributed by atoms with Gasteiger partial charge in [-0.3, -0.25) is 9.59 Å². The lowest BCUT2D eigenvalue weighted by atomic mass is 10.1. The zero-order valence-electron chi connectivity index (χ0n) is 8.67. The van der Waals surface area contributed by atoms with Crippen molar-refractivity contribution in [2.24, 2.45) is 0 Å². The summed E-state index contributed by atoms with van der Waals surface area (Å²) < 4.78 is 13.3. The molecule has 1 aromatic rings. The van der Waals surface area contributed by atoms with Crippen LogP contribution in [0.15, 0.2) is 12.1 Å². The van der Waals surface area contributed by atoms with Crippen LogP contribution in [0.4, 0.5) is 10.1 Å². The van der Waals surface area contributed by atoms with Crippen molar-refractivity contribution in [3.8, 4) is 12.3 Å². The maximum Gasteiger partial charge on any atom is 0.299 e. The van der Waals surface area contributed by atoms with Gasteiger partial charge in [0.25, 0.3) is 11.7 Å². The lowest BCUT2D eigenvalue weighted by Gasteiger charge is -2.14. The van der Waals surface area contributed by atoms with Crippen molar-refractivity contribution in [2.45, 2.75) is 6.42 Å². The third kappa shape index (κ3) is 1.79. The number of rotatable bonds is 2. The highest BCUT2D eigenvalue weighted by molar-refractivity contribution is 6.52. The first-order valence-electron chi connectivity index (χ1n) is 4.85. The molecule has 0 aliphatic carbocycles. The average Bonchev–Trinajstić information content (AvgIpc) is 2.52. The van der Waals surface area contributed by atoms with Crippen LogP contribution < -0.4 is 4.90 Å². The van der Waals surface area contributed by atoms with Crippen LogP contribution in [0, 0.1) is 18.2 Å². The predicted octanol–water partition coefficient (Wildman–Crippen LogP) is 2.03. The molecule has 17 heavy (non-hydrogen) atoms. The van der Waals surface area contributed by atoms with Crippen molar-refractivity contribution >= 4 is 29.0 Å². The van der Waals surface area contributed by atoms with Gasteiger partial charge in [0.05, 0.1) is 16.3 Å². The van der Waals surface area contributed by atoms with E-state index in [1.54, 1.807) is 0 Å². The lowest BCUT2D eigenvalue weighted by molar-refractivity contribution is -0.114. The third-order valence-electron chi connectivity index (χ3n) is 2.49. The Morgan fingerprint density at radius 1 is 1.41 bits per heavy atom. The Morgan fingerprint density at radius 3 is 2.76 bits per heavy atom. The van der Waals surface area contributed by atoms with E-state index in [9.17, 15) is 14.0 Å². The average molecular weight is 252 g/mol. The molecule has 0 fully saturated rings. The minimum atomic E-state index is -0.697. The molecule has 3 nitrogen and oxygen atoms in total. The van der Waals surface area contributed by atoms with Crippen LogP contribution >= 0.6 is 11.6 Å². The van der Waals surface area contributed by atoms with E-state index < -0.39 is 17.5 Å². The fourth-order valence-electron chi connectivity index (χ4n) is 1.69. The molecular formula is C12H7ClFNO2. The molecule has 1 amide bonds. The van der Waals surface area contributed by atoms with E-state index in [1.165, 1.54) is 11.0 Å². The summed E-state index contributed by atoms with van der Waals surface area (Å²) in [5, 5.41) is -0.177. The van der Waals surface area contributed by atoms with Gasteiger partial charge in [-0.05, 0) is 12.1 Å². The van der Waals surface area contributed by atoms with Crippen molar-refractivity contribution in [3.63, 3.8) is 0 Å². The van der Waals surface area contributed by atoms with E-state index in [-0.39, 0.29) is 22.8 Å². The number of amides is 1. The van der Waals surface area contributed by atoms with Crippen LogP contribution in [0.1, 0.15) is 16.8 Å². The molecule has 0 unspecified atom stereocenters. The number of carbonyl (C=O) groups is 2. The van der Waals surface area contributed by atoms with E-state index in [2.05, 4.69) is 5.92 Å². The van der Waals surface area contributed by atoms with E-state index in [1.807, 2.05) is 0 Å². The summed E-state index contributed by atoms with van der Waals surface area (Å²) >= 11 is 5.57. The fraction of sp³-hybridized carbons (Fsp3) is 0.167. The summed E-state index contributed by atoms with van der Waals surface area (Å²) in [6.07, 6.45) is 5.39. The molecule has 0 atom stereocenters. The SMILES string of the molecule is C#CCCN1C(=O)C(=O)c2cc(Cl)c(F)cc21. The van der Waals surface area contributed by atoms with Gasteiger partial charge < -0.3 is 4.90 Å². The molecule has 1 aliphatic rings. The van der Waals surface area contributed by atoms with Crippen LogP contribution in [0.2, 0.25) is 5.02 Å². The molecule has 0 bridgehead atoms. The normalized spacial score (nSPS) is 13.8. The van der Waals surface area contributed by atoms with Gasteiger partial charge in [0.1, 0.15) is 5.82 Å². The van der Waals surface area contributed by atoms with Gasteiger partial charge in [-0.25, -0.2) is 4.39 Å². The van der Waals surface area contributed by atoms with E-state index >= 15 is 0 Å². The van der Waals surface area contributed by atoms with E-state index in [4.69, 9.17) is 18.0 Å². The van der Waals surface area contributed by atoms with E-state index in [0.717, 1.165) is 6.07 Å². The second-order valence-electron chi connectivity index (χ2n) is 3.52. The molecular weight excluding hydrogens is 245 g/mol.